The number of likely N-dealkylation sites (tertiary alicyclic amines) is 1. The van der Waals surface area contributed by atoms with Gasteiger partial charge in [0.1, 0.15) is 5.82 Å². The SMILES string of the molecule is CC1CCN(C(=O)c2cc(N3CCN(c4cccc(C(F)(F)F)c4)CC3)nc3ccccc23)CC1. The molecule has 0 saturated carbocycles. The lowest BCUT2D eigenvalue weighted by atomic mass is 9.98. The van der Waals surface area contributed by atoms with Crippen LogP contribution in [0.1, 0.15) is 35.7 Å². The van der Waals surface area contributed by atoms with Crippen molar-refractivity contribution >= 4 is 28.3 Å². The number of hydrogen-bond acceptors (Lipinski definition) is 4. The Morgan fingerprint density at radius 1 is 0.886 bits per heavy atom. The number of hydrogen-bond donors (Lipinski definition) is 0. The number of fused-ring (bicyclic) bond motifs is 1. The molecule has 2 aromatic carbocycles. The lowest BCUT2D eigenvalue weighted by Crippen LogP contribution is -2.47. The Kier molecular flexibility index (Phi) is 6.30. The molecular formula is C27H29F3N4O. The van der Waals surface area contributed by atoms with Gasteiger partial charge in [-0.25, -0.2) is 4.98 Å². The van der Waals surface area contributed by atoms with Gasteiger partial charge in [0, 0.05) is 50.3 Å². The molecule has 2 aliphatic heterocycles. The molecule has 35 heavy (non-hydrogen) atoms. The van der Waals surface area contributed by atoms with E-state index in [1.54, 1.807) is 6.07 Å². The molecular weight excluding hydrogens is 453 g/mol. The van der Waals surface area contributed by atoms with Crippen molar-refractivity contribution in [2.75, 3.05) is 49.1 Å². The third kappa shape index (κ3) is 4.92. The summed E-state index contributed by atoms with van der Waals surface area (Å²) in [6.07, 6.45) is -2.33. The van der Waals surface area contributed by atoms with Crippen molar-refractivity contribution in [1.29, 1.82) is 0 Å². The number of piperazine rings is 1. The van der Waals surface area contributed by atoms with Crippen LogP contribution in [0.25, 0.3) is 10.9 Å². The van der Waals surface area contributed by atoms with E-state index in [0.717, 1.165) is 48.7 Å². The van der Waals surface area contributed by atoms with E-state index < -0.39 is 11.7 Å². The highest BCUT2D eigenvalue weighted by atomic mass is 19.4. The quantitative estimate of drug-likeness (QED) is 0.498. The van der Waals surface area contributed by atoms with Gasteiger partial charge in [-0.1, -0.05) is 31.2 Å². The van der Waals surface area contributed by atoms with E-state index in [0.29, 0.717) is 43.3 Å². The molecule has 8 heteroatoms. The number of alkyl halides is 3. The highest BCUT2D eigenvalue weighted by molar-refractivity contribution is 6.07. The highest BCUT2D eigenvalue weighted by Gasteiger charge is 2.31. The molecule has 5 nitrogen and oxygen atoms in total. The van der Waals surface area contributed by atoms with E-state index >= 15 is 0 Å². The summed E-state index contributed by atoms with van der Waals surface area (Å²) >= 11 is 0. The summed E-state index contributed by atoms with van der Waals surface area (Å²) in [5.41, 5.74) is 1.38. The second-order valence-electron chi connectivity index (χ2n) is 9.54. The summed E-state index contributed by atoms with van der Waals surface area (Å²) in [5, 5.41) is 0.850. The predicted molar refractivity (Wildman–Crippen MR) is 132 cm³/mol. The number of carbonyl (C=O) groups is 1. The number of benzene rings is 2. The zero-order valence-corrected chi connectivity index (χ0v) is 19.8. The molecule has 0 aliphatic carbocycles. The van der Waals surface area contributed by atoms with Crippen molar-refractivity contribution in [2.45, 2.75) is 25.9 Å². The molecule has 5 rings (SSSR count). The Morgan fingerprint density at radius 3 is 2.29 bits per heavy atom. The number of halogens is 3. The van der Waals surface area contributed by atoms with Crippen LogP contribution in [-0.2, 0) is 6.18 Å². The maximum Gasteiger partial charge on any atom is 0.416 e. The van der Waals surface area contributed by atoms with Gasteiger partial charge < -0.3 is 14.7 Å². The van der Waals surface area contributed by atoms with Crippen LogP contribution in [0.3, 0.4) is 0 Å². The fraction of sp³-hybridized carbons (Fsp3) is 0.407. The number of amides is 1. The largest absolute Gasteiger partial charge is 0.416 e. The van der Waals surface area contributed by atoms with Crippen LogP contribution in [0.5, 0.6) is 0 Å². The Balaban J connectivity index is 1.37. The van der Waals surface area contributed by atoms with Gasteiger partial charge >= 0.3 is 6.18 Å². The summed E-state index contributed by atoms with van der Waals surface area (Å²) in [6.45, 7) is 6.11. The molecule has 0 radical (unpaired) electrons. The van der Waals surface area contributed by atoms with Crippen molar-refractivity contribution in [3.8, 4) is 0 Å². The second kappa shape index (κ2) is 9.40. The fourth-order valence-electron chi connectivity index (χ4n) is 4.96. The first-order valence-corrected chi connectivity index (χ1v) is 12.2. The van der Waals surface area contributed by atoms with Gasteiger partial charge in [-0.05, 0) is 49.1 Å². The molecule has 1 aromatic heterocycles. The van der Waals surface area contributed by atoms with Crippen LogP contribution >= 0.6 is 0 Å². The number of carbonyl (C=O) groups excluding carboxylic acids is 1. The van der Waals surface area contributed by atoms with E-state index in [9.17, 15) is 18.0 Å². The molecule has 2 fully saturated rings. The minimum Gasteiger partial charge on any atom is -0.368 e. The van der Waals surface area contributed by atoms with Crippen molar-refractivity contribution in [3.05, 3.63) is 65.7 Å². The maximum atomic E-state index is 13.5. The Morgan fingerprint density at radius 2 is 1.57 bits per heavy atom. The van der Waals surface area contributed by atoms with Crippen molar-refractivity contribution in [1.82, 2.24) is 9.88 Å². The first-order valence-electron chi connectivity index (χ1n) is 12.2. The molecule has 2 aliphatic rings. The van der Waals surface area contributed by atoms with Crippen molar-refractivity contribution in [2.24, 2.45) is 5.92 Å². The summed E-state index contributed by atoms with van der Waals surface area (Å²) < 4.78 is 39.4. The van der Waals surface area contributed by atoms with Crippen molar-refractivity contribution in [3.63, 3.8) is 0 Å². The molecule has 0 atom stereocenters. The summed E-state index contributed by atoms with van der Waals surface area (Å²) in [7, 11) is 0. The van der Waals surface area contributed by atoms with Gasteiger partial charge in [0.15, 0.2) is 0 Å². The zero-order chi connectivity index (χ0) is 24.6. The van der Waals surface area contributed by atoms with Gasteiger partial charge in [-0.3, -0.25) is 4.79 Å². The molecule has 184 valence electrons. The first-order chi connectivity index (χ1) is 16.8. The topological polar surface area (TPSA) is 39.7 Å². The number of piperidine rings is 1. The third-order valence-electron chi connectivity index (χ3n) is 7.15. The molecule has 0 N–H and O–H groups in total. The molecule has 0 spiro atoms. The Hall–Kier alpha value is -3.29. The second-order valence-corrected chi connectivity index (χ2v) is 9.54. The lowest BCUT2D eigenvalue weighted by Gasteiger charge is -2.37. The van der Waals surface area contributed by atoms with E-state index in [4.69, 9.17) is 4.98 Å². The molecule has 1 amide bonds. The molecule has 3 aromatic rings. The van der Waals surface area contributed by atoms with Crippen LogP contribution in [0.2, 0.25) is 0 Å². The van der Waals surface area contributed by atoms with Crippen LogP contribution < -0.4 is 9.80 Å². The number of rotatable bonds is 3. The number of pyridine rings is 1. The van der Waals surface area contributed by atoms with Gasteiger partial charge in [-0.2, -0.15) is 13.2 Å². The summed E-state index contributed by atoms with van der Waals surface area (Å²) in [5.74, 6) is 1.41. The van der Waals surface area contributed by atoms with E-state index in [2.05, 4.69) is 11.8 Å². The highest BCUT2D eigenvalue weighted by Crippen LogP contribution is 2.32. The zero-order valence-electron chi connectivity index (χ0n) is 19.8. The lowest BCUT2D eigenvalue weighted by molar-refractivity contribution is -0.137. The van der Waals surface area contributed by atoms with E-state index in [-0.39, 0.29) is 5.91 Å². The fourth-order valence-corrected chi connectivity index (χ4v) is 4.96. The number of nitrogens with zero attached hydrogens (tertiary/aromatic N) is 4. The van der Waals surface area contributed by atoms with E-state index in [1.807, 2.05) is 40.1 Å². The van der Waals surface area contributed by atoms with Gasteiger partial charge in [0.2, 0.25) is 0 Å². The molecule has 2 saturated heterocycles. The summed E-state index contributed by atoms with van der Waals surface area (Å²) in [4.78, 5) is 24.3. The van der Waals surface area contributed by atoms with Gasteiger partial charge in [-0.15, -0.1) is 0 Å². The summed E-state index contributed by atoms with van der Waals surface area (Å²) in [6, 6.07) is 15.1. The van der Waals surface area contributed by atoms with Crippen molar-refractivity contribution < 1.29 is 18.0 Å². The normalized spacial score (nSPS) is 17.8. The average Bonchev–Trinajstić information content (AvgIpc) is 2.88. The van der Waals surface area contributed by atoms with Gasteiger partial charge in [0.05, 0.1) is 16.6 Å². The smallest absolute Gasteiger partial charge is 0.368 e. The number of anilines is 2. The standard InChI is InChI=1S/C27H29F3N4O/c1-19-9-11-34(12-10-19)26(35)23-18-25(31-24-8-3-2-7-22(23)24)33-15-13-32(14-16-33)21-6-4-5-20(17-21)27(28,29)30/h2-8,17-19H,9-16H2,1H3. The van der Waals surface area contributed by atoms with Gasteiger partial charge in [0.25, 0.3) is 5.91 Å². The van der Waals surface area contributed by atoms with Crippen LogP contribution in [0.15, 0.2) is 54.6 Å². The maximum absolute atomic E-state index is 13.5. The molecule has 0 bridgehead atoms. The first kappa shape index (κ1) is 23.5. The van der Waals surface area contributed by atoms with E-state index in [1.165, 1.54) is 12.1 Å². The van der Waals surface area contributed by atoms with Crippen LogP contribution in [0.4, 0.5) is 24.7 Å². The number of aromatic nitrogens is 1. The molecule has 0 unspecified atom stereocenters. The molecule has 3 heterocycles. The monoisotopic (exact) mass is 482 g/mol. The Labute approximate surface area is 203 Å². The Bertz CT molecular complexity index is 1210. The average molecular weight is 483 g/mol. The van der Waals surface area contributed by atoms with Crippen LogP contribution in [-0.4, -0.2) is 55.1 Å². The number of para-hydroxylation sites is 1. The predicted octanol–water partition coefficient (Wildman–Crippen LogP) is 5.45. The van der Waals surface area contributed by atoms with Crippen LogP contribution in [0, 0.1) is 5.92 Å². The third-order valence-corrected chi connectivity index (χ3v) is 7.15. The minimum atomic E-state index is -4.36. The minimum absolute atomic E-state index is 0.0411.